The van der Waals surface area contributed by atoms with Crippen molar-refractivity contribution in [2.75, 3.05) is 5.32 Å². The summed E-state index contributed by atoms with van der Waals surface area (Å²) in [6.07, 6.45) is 0. The standard InChI is InChI=1S/C20H20N2O4/c1-11-5-8-16(23)15(9-11)21-17(24)12-6-7-13-14(10-12)19(26)22(18(13)25)20(2,3)4/h5-10,23H,1-4H3,(H,21,24). The second kappa shape index (κ2) is 5.98. The molecule has 0 aliphatic carbocycles. The van der Waals surface area contributed by atoms with Crippen molar-refractivity contribution in [1.29, 1.82) is 0 Å². The number of aryl methyl sites for hydroxylation is 1. The molecule has 6 nitrogen and oxygen atoms in total. The van der Waals surface area contributed by atoms with Gasteiger partial charge >= 0.3 is 0 Å². The van der Waals surface area contributed by atoms with Crippen LogP contribution in [0.25, 0.3) is 0 Å². The Morgan fingerprint density at radius 1 is 1.00 bits per heavy atom. The third kappa shape index (κ3) is 2.94. The first-order valence-electron chi connectivity index (χ1n) is 8.23. The highest BCUT2D eigenvalue weighted by molar-refractivity contribution is 6.22. The van der Waals surface area contributed by atoms with Gasteiger partial charge in [0, 0.05) is 11.1 Å². The molecular weight excluding hydrogens is 332 g/mol. The van der Waals surface area contributed by atoms with E-state index in [-0.39, 0.29) is 28.5 Å². The second-order valence-electron chi connectivity index (χ2n) is 7.35. The minimum absolute atomic E-state index is 0.0460. The number of nitrogens with one attached hydrogen (secondary N) is 1. The SMILES string of the molecule is Cc1ccc(O)c(NC(=O)c2ccc3c(c2)C(=O)N(C(C)(C)C)C3=O)c1. The maximum absolute atomic E-state index is 12.6. The highest BCUT2D eigenvalue weighted by atomic mass is 16.3. The lowest BCUT2D eigenvalue weighted by atomic mass is 10.1. The van der Waals surface area contributed by atoms with Crippen LogP contribution >= 0.6 is 0 Å². The number of benzene rings is 2. The fraction of sp³-hybridized carbons (Fsp3) is 0.250. The number of hydrogen-bond acceptors (Lipinski definition) is 4. The van der Waals surface area contributed by atoms with Gasteiger partial charge in [-0.2, -0.15) is 0 Å². The lowest BCUT2D eigenvalue weighted by Crippen LogP contribution is -2.45. The number of carbonyl (C=O) groups excluding carboxylic acids is 3. The Kier molecular flexibility index (Phi) is 4.06. The Balaban J connectivity index is 1.92. The van der Waals surface area contributed by atoms with Gasteiger partial charge in [-0.05, 0) is 63.6 Å². The summed E-state index contributed by atoms with van der Waals surface area (Å²) in [5, 5.41) is 12.5. The van der Waals surface area contributed by atoms with Crippen LogP contribution < -0.4 is 5.32 Å². The van der Waals surface area contributed by atoms with Gasteiger partial charge in [0.25, 0.3) is 17.7 Å². The molecule has 0 aromatic heterocycles. The van der Waals surface area contributed by atoms with Gasteiger partial charge in [-0.15, -0.1) is 0 Å². The molecule has 134 valence electrons. The molecule has 2 aromatic carbocycles. The quantitative estimate of drug-likeness (QED) is 0.641. The molecule has 1 heterocycles. The minimum atomic E-state index is -0.650. The molecule has 0 spiro atoms. The summed E-state index contributed by atoms with van der Waals surface area (Å²) in [4.78, 5) is 38.8. The van der Waals surface area contributed by atoms with Crippen LogP contribution in [0.15, 0.2) is 36.4 Å². The van der Waals surface area contributed by atoms with Crippen molar-refractivity contribution in [3.05, 3.63) is 58.7 Å². The fourth-order valence-electron chi connectivity index (χ4n) is 2.94. The summed E-state index contributed by atoms with van der Waals surface area (Å²) in [7, 11) is 0. The van der Waals surface area contributed by atoms with Crippen LogP contribution in [0.5, 0.6) is 5.75 Å². The van der Waals surface area contributed by atoms with Crippen molar-refractivity contribution < 1.29 is 19.5 Å². The van der Waals surface area contributed by atoms with Crippen molar-refractivity contribution in [2.45, 2.75) is 33.2 Å². The van der Waals surface area contributed by atoms with Crippen LogP contribution in [0.4, 0.5) is 5.69 Å². The maximum atomic E-state index is 12.6. The van der Waals surface area contributed by atoms with Gasteiger partial charge in [-0.25, -0.2) is 0 Å². The van der Waals surface area contributed by atoms with Crippen molar-refractivity contribution in [3.8, 4) is 5.75 Å². The summed E-state index contributed by atoms with van der Waals surface area (Å²) in [6.45, 7) is 7.18. The van der Waals surface area contributed by atoms with Crippen molar-refractivity contribution in [2.24, 2.45) is 0 Å². The smallest absolute Gasteiger partial charge is 0.262 e. The van der Waals surface area contributed by atoms with E-state index in [4.69, 9.17) is 0 Å². The summed E-state index contributed by atoms with van der Waals surface area (Å²) < 4.78 is 0. The van der Waals surface area contributed by atoms with Gasteiger partial charge in [-0.3, -0.25) is 19.3 Å². The Labute approximate surface area is 151 Å². The highest BCUT2D eigenvalue weighted by Crippen LogP contribution is 2.30. The van der Waals surface area contributed by atoms with Crippen LogP contribution in [-0.2, 0) is 0 Å². The number of imide groups is 1. The Morgan fingerprint density at radius 3 is 2.31 bits per heavy atom. The number of anilines is 1. The van der Waals surface area contributed by atoms with E-state index in [2.05, 4.69) is 5.32 Å². The number of nitrogens with zero attached hydrogens (tertiary/aromatic N) is 1. The van der Waals surface area contributed by atoms with Crippen LogP contribution in [0, 0.1) is 6.92 Å². The molecule has 2 N–H and O–H groups in total. The van der Waals surface area contributed by atoms with Crippen LogP contribution in [0.3, 0.4) is 0 Å². The summed E-state index contributed by atoms with van der Waals surface area (Å²) in [6, 6.07) is 9.29. The molecule has 0 saturated carbocycles. The number of rotatable bonds is 2. The maximum Gasteiger partial charge on any atom is 0.262 e. The second-order valence-corrected chi connectivity index (χ2v) is 7.35. The molecule has 1 aliphatic heterocycles. The summed E-state index contributed by atoms with van der Waals surface area (Å²) in [5.74, 6) is -1.29. The number of hydrogen-bond donors (Lipinski definition) is 2. The van der Waals surface area contributed by atoms with Gasteiger partial charge in [0.05, 0.1) is 16.8 Å². The predicted octanol–water partition coefficient (Wildman–Crippen LogP) is 3.35. The van der Waals surface area contributed by atoms with Gasteiger partial charge < -0.3 is 10.4 Å². The minimum Gasteiger partial charge on any atom is -0.506 e. The monoisotopic (exact) mass is 352 g/mol. The number of fused-ring (bicyclic) bond motifs is 1. The van der Waals surface area contributed by atoms with Gasteiger partial charge in [-0.1, -0.05) is 6.07 Å². The fourth-order valence-corrected chi connectivity index (χ4v) is 2.94. The average molecular weight is 352 g/mol. The van der Waals surface area contributed by atoms with E-state index in [1.54, 1.807) is 32.9 Å². The van der Waals surface area contributed by atoms with Crippen molar-refractivity contribution in [1.82, 2.24) is 4.90 Å². The molecule has 6 heteroatoms. The summed E-state index contributed by atoms with van der Waals surface area (Å²) in [5.41, 5.74) is 1.26. The number of amides is 3. The zero-order valence-electron chi connectivity index (χ0n) is 15.1. The van der Waals surface area contributed by atoms with Gasteiger partial charge in [0.1, 0.15) is 5.75 Å². The van der Waals surface area contributed by atoms with Gasteiger partial charge in [0.15, 0.2) is 0 Å². The van der Waals surface area contributed by atoms with Gasteiger partial charge in [0.2, 0.25) is 0 Å². The van der Waals surface area contributed by atoms with E-state index >= 15 is 0 Å². The van der Waals surface area contributed by atoms with E-state index in [0.29, 0.717) is 5.56 Å². The molecule has 0 fully saturated rings. The third-order valence-corrected chi connectivity index (χ3v) is 4.22. The van der Waals surface area contributed by atoms with E-state index in [1.165, 1.54) is 29.2 Å². The molecule has 0 radical (unpaired) electrons. The molecular formula is C20H20N2O4. The molecule has 26 heavy (non-hydrogen) atoms. The average Bonchev–Trinajstić information content (AvgIpc) is 2.81. The first-order chi connectivity index (χ1) is 12.1. The van der Waals surface area contributed by atoms with Crippen LogP contribution in [-0.4, -0.2) is 33.3 Å². The lowest BCUT2D eigenvalue weighted by molar-refractivity contribution is 0.0507. The van der Waals surface area contributed by atoms with E-state index in [9.17, 15) is 19.5 Å². The van der Waals surface area contributed by atoms with Crippen LogP contribution in [0.2, 0.25) is 0 Å². The molecule has 1 aliphatic rings. The zero-order chi connectivity index (χ0) is 19.2. The largest absolute Gasteiger partial charge is 0.506 e. The number of carbonyl (C=O) groups is 3. The van der Waals surface area contributed by atoms with E-state index in [0.717, 1.165) is 5.56 Å². The Bertz CT molecular complexity index is 941. The first kappa shape index (κ1) is 17.7. The normalized spacial score (nSPS) is 13.8. The van der Waals surface area contributed by atoms with Crippen molar-refractivity contribution in [3.63, 3.8) is 0 Å². The molecule has 3 rings (SSSR count). The molecule has 2 aromatic rings. The Morgan fingerprint density at radius 2 is 1.65 bits per heavy atom. The predicted molar refractivity (Wildman–Crippen MR) is 97.5 cm³/mol. The molecule has 3 amide bonds. The molecule has 0 saturated heterocycles. The molecule has 0 bridgehead atoms. The molecule has 0 atom stereocenters. The van der Waals surface area contributed by atoms with E-state index < -0.39 is 17.4 Å². The number of phenols is 1. The van der Waals surface area contributed by atoms with Crippen molar-refractivity contribution >= 4 is 23.4 Å². The first-order valence-corrected chi connectivity index (χ1v) is 8.23. The summed E-state index contributed by atoms with van der Waals surface area (Å²) >= 11 is 0. The van der Waals surface area contributed by atoms with Crippen LogP contribution in [0.1, 0.15) is 57.4 Å². The van der Waals surface area contributed by atoms with E-state index in [1.807, 2.05) is 6.92 Å². The zero-order valence-corrected chi connectivity index (χ0v) is 15.1. The lowest BCUT2D eigenvalue weighted by Gasteiger charge is -2.29. The number of aromatic hydroxyl groups is 1. The Hall–Kier alpha value is -3.15. The molecule has 0 unspecified atom stereocenters. The highest BCUT2D eigenvalue weighted by Gasteiger charge is 2.42. The third-order valence-electron chi connectivity index (χ3n) is 4.22. The number of phenolic OH excluding ortho intramolecular Hbond substituents is 1. The topological polar surface area (TPSA) is 86.7 Å².